The van der Waals surface area contributed by atoms with E-state index in [1.807, 2.05) is 18.2 Å². The van der Waals surface area contributed by atoms with E-state index in [2.05, 4.69) is 19.1 Å². The molecule has 0 heterocycles. The van der Waals surface area contributed by atoms with Crippen LogP contribution in [0.15, 0.2) is 30.3 Å². The summed E-state index contributed by atoms with van der Waals surface area (Å²) in [7, 11) is 0. The molecule has 0 bridgehead atoms. The van der Waals surface area contributed by atoms with Crippen molar-refractivity contribution in [1.29, 1.82) is 0 Å². The summed E-state index contributed by atoms with van der Waals surface area (Å²) in [4.78, 5) is 25.2. The van der Waals surface area contributed by atoms with Gasteiger partial charge in [0, 0.05) is 0 Å². The van der Waals surface area contributed by atoms with E-state index < -0.39 is 0 Å². The van der Waals surface area contributed by atoms with E-state index in [1.165, 1.54) is 37.7 Å². The van der Waals surface area contributed by atoms with Crippen LogP contribution in [-0.2, 0) is 25.5 Å². The van der Waals surface area contributed by atoms with E-state index in [0.29, 0.717) is 13.2 Å². The van der Waals surface area contributed by atoms with Gasteiger partial charge in [0.15, 0.2) is 0 Å². The van der Waals surface area contributed by atoms with Gasteiger partial charge < -0.3 is 9.47 Å². The fourth-order valence-corrected chi connectivity index (χ4v) is 4.23. The molecule has 0 saturated heterocycles. The lowest BCUT2D eigenvalue weighted by molar-refractivity contribution is -0.163. The van der Waals surface area contributed by atoms with E-state index in [1.54, 1.807) is 0 Å². The van der Waals surface area contributed by atoms with Gasteiger partial charge >= 0.3 is 11.9 Å². The lowest BCUT2D eigenvalue weighted by Gasteiger charge is -2.28. The monoisotopic (exact) mass is 416 g/mol. The molecule has 30 heavy (non-hydrogen) atoms. The van der Waals surface area contributed by atoms with Crippen LogP contribution in [0.5, 0.6) is 0 Å². The van der Waals surface area contributed by atoms with Crippen molar-refractivity contribution in [2.45, 2.75) is 90.4 Å². The third kappa shape index (κ3) is 9.32. The van der Waals surface area contributed by atoms with Crippen LogP contribution in [0.25, 0.3) is 0 Å². The molecule has 0 aromatic heterocycles. The Bertz CT molecular complexity index is 598. The van der Waals surface area contributed by atoms with E-state index in [9.17, 15) is 9.59 Å². The molecule has 1 aliphatic carbocycles. The third-order valence-corrected chi connectivity index (χ3v) is 6.06. The highest BCUT2D eigenvalue weighted by atomic mass is 16.5. The number of unbranched alkanes of at least 4 members (excludes halogenated alkanes) is 6. The third-order valence-electron chi connectivity index (χ3n) is 6.06. The second-order valence-electron chi connectivity index (χ2n) is 8.54. The first-order valence-corrected chi connectivity index (χ1v) is 12.1. The first kappa shape index (κ1) is 24.4. The van der Waals surface area contributed by atoms with Crippen LogP contribution in [0.4, 0.5) is 0 Å². The zero-order valence-electron chi connectivity index (χ0n) is 18.8. The van der Waals surface area contributed by atoms with Gasteiger partial charge in [0.1, 0.15) is 0 Å². The average molecular weight is 417 g/mol. The molecular weight excluding hydrogens is 376 g/mol. The average Bonchev–Trinajstić information content (AvgIpc) is 2.79. The van der Waals surface area contributed by atoms with Crippen LogP contribution in [0.2, 0.25) is 0 Å². The summed E-state index contributed by atoms with van der Waals surface area (Å²) in [6, 6.07) is 10.2. The highest BCUT2D eigenvalue weighted by Gasteiger charge is 2.37. The minimum Gasteiger partial charge on any atom is -0.465 e. The molecule has 1 aromatic carbocycles. The largest absolute Gasteiger partial charge is 0.465 e. The molecular formula is C26H40O4. The molecule has 2 atom stereocenters. The molecule has 0 aliphatic heterocycles. The van der Waals surface area contributed by atoms with Crippen LogP contribution in [-0.4, -0.2) is 25.2 Å². The molecule has 2 rings (SSSR count). The molecule has 4 heteroatoms. The lowest BCUT2D eigenvalue weighted by Crippen LogP contribution is -2.35. The number of aryl methyl sites for hydroxylation is 1. The molecule has 0 radical (unpaired) electrons. The number of benzene rings is 1. The predicted molar refractivity (Wildman–Crippen MR) is 120 cm³/mol. The Morgan fingerprint density at radius 2 is 1.30 bits per heavy atom. The molecule has 1 fully saturated rings. The van der Waals surface area contributed by atoms with Gasteiger partial charge in [-0.05, 0) is 37.7 Å². The maximum Gasteiger partial charge on any atom is 0.309 e. The minimum atomic E-state index is -0.336. The summed E-state index contributed by atoms with van der Waals surface area (Å²) in [6.45, 7) is 3.10. The summed E-state index contributed by atoms with van der Waals surface area (Å²) in [5, 5.41) is 0. The normalized spacial score (nSPS) is 18.7. The number of hydrogen-bond acceptors (Lipinski definition) is 4. The van der Waals surface area contributed by atoms with Crippen molar-refractivity contribution in [3.05, 3.63) is 35.9 Å². The highest BCUT2D eigenvalue weighted by molar-refractivity contribution is 5.82. The fourth-order valence-electron chi connectivity index (χ4n) is 4.23. The zero-order chi connectivity index (χ0) is 21.4. The number of ether oxygens (including phenoxy) is 2. The summed E-state index contributed by atoms with van der Waals surface area (Å²) >= 11 is 0. The van der Waals surface area contributed by atoms with Gasteiger partial charge in [0.2, 0.25) is 0 Å². The van der Waals surface area contributed by atoms with E-state index >= 15 is 0 Å². The molecule has 1 saturated carbocycles. The molecule has 1 aromatic rings. The van der Waals surface area contributed by atoms with Crippen LogP contribution >= 0.6 is 0 Å². The lowest BCUT2D eigenvalue weighted by atomic mass is 9.79. The SMILES string of the molecule is CCCCCCCCCOC(=O)C1CCCCC1C(=O)OCCCc1ccccc1. The van der Waals surface area contributed by atoms with Crippen molar-refractivity contribution < 1.29 is 19.1 Å². The molecule has 0 amide bonds. The quantitative estimate of drug-likeness (QED) is 0.265. The number of esters is 2. The van der Waals surface area contributed by atoms with Crippen molar-refractivity contribution in [2.75, 3.05) is 13.2 Å². The van der Waals surface area contributed by atoms with E-state index in [0.717, 1.165) is 51.4 Å². The topological polar surface area (TPSA) is 52.6 Å². The summed E-state index contributed by atoms with van der Waals surface area (Å²) < 4.78 is 11.1. The van der Waals surface area contributed by atoms with Crippen LogP contribution in [0, 0.1) is 11.8 Å². The maximum absolute atomic E-state index is 12.6. The van der Waals surface area contributed by atoms with Gasteiger partial charge in [-0.2, -0.15) is 0 Å². The molecule has 1 aliphatic rings. The summed E-state index contributed by atoms with van der Waals surface area (Å²) in [5.74, 6) is -1.09. The molecule has 168 valence electrons. The van der Waals surface area contributed by atoms with Gasteiger partial charge in [-0.15, -0.1) is 0 Å². The standard InChI is InChI=1S/C26H40O4/c1-2-3-4-5-6-7-13-20-29-25(27)23-18-11-12-19-24(23)26(28)30-21-14-17-22-15-9-8-10-16-22/h8-10,15-16,23-24H,2-7,11-14,17-21H2,1H3. The summed E-state index contributed by atoms with van der Waals surface area (Å²) in [5.41, 5.74) is 1.25. The Hall–Kier alpha value is -1.84. The Morgan fingerprint density at radius 1 is 0.767 bits per heavy atom. The maximum atomic E-state index is 12.6. The summed E-state index contributed by atoms with van der Waals surface area (Å²) in [6.07, 6.45) is 13.5. The zero-order valence-corrected chi connectivity index (χ0v) is 18.8. The van der Waals surface area contributed by atoms with Gasteiger partial charge in [-0.3, -0.25) is 9.59 Å². The van der Waals surface area contributed by atoms with Gasteiger partial charge in [0.25, 0.3) is 0 Å². The van der Waals surface area contributed by atoms with Gasteiger partial charge in [-0.1, -0.05) is 88.6 Å². The van der Waals surface area contributed by atoms with Crippen molar-refractivity contribution in [1.82, 2.24) is 0 Å². The van der Waals surface area contributed by atoms with Crippen molar-refractivity contribution in [2.24, 2.45) is 11.8 Å². The smallest absolute Gasteiger partial charge is 0.309 e. The van der Waals surface area contributed by atoms with Crippen LogP contribution in [0.1, 0.15) is 89.5 Å². The molecule has 0 spiro atoms. The van der Waals surface area contributed by atoms with Gasteiger partial charge in [0.05, 0.1) is 25.0 Å². The Balaban J connectivity index is 1.64. The minimum absolute atomic E-state index is 0.202. The number of carbonyl (C=O) groups excluding carboxylic acids is 2. The van der Waals surface area contributed by atoms with Crippen LogP contribution < -0.4 is 0 Å². The Kier molecular flexibility index (Phi) is 12.2. The molecule has 2 unspecified atom stereocenters. The first-order valence-electron chi connectivity index (χ1n) is 12.1. The fraction of sp³-hybridized carbons (Fsp3) is 0.692. The second kappa shape index (κ2) is 15.0. The van der Waals surface area contributed by atoms with E-state index in [-0.39, 0.29) is 23.8 Å². The van der Waals surface area contributed by atoms with Crippen molar-refractivity contribution in [3.63, 3.8) is 0 Å². The van der Waals surface area contributed by atoms with Crippen molar-refractivity contribution >= 4 is 11.9 Å². The number of carbonyl (C=O) groups is 2. The van der Waals surface area contributed by atoms with Crippen molar-refractivity contribution in [3.8, 4) is 0 Å². The number of rotatable bonds is 14. The van der Waals surface area contributed by atoms with E-state index in [4.69, 9.17) is 9.47 Å². The molecule has 0 N–H and O–H groups in total. The highest BCUT2D eigenvalue weighted by Crippen LogP contribution is 2.32. The number of hydrogen-bond donors (Lipinski definition) is 0. The predicted octanol–water partition coefficient (Wildman–Crippen LogP) is 6.26. The van der Waals surface area contributed by atoms with Crippen LogP contribution in [0.3, 0.4) is 0 Å². The Morgan fingerprint density at radius 3 is 1.90 bits per heavy atom. The second-order valence-corrected chi connectivity index (χ2v) is 8.54. The Labute approximate surface area is 182 Å². The first-order chi connectivity index (χ1) is 14.7. The van der Waals surface area contributed by atoms with Gasteiger partial charge in [-0.25, -0.2) is 0 Å². The molecule has 4 nitrogen and oxygen atoms in total.